The Labute approximate surface area is 137 Å². The molecule has 1 aliphatic rings. The zero-order valence-corrected chi connectivity index (χ0v) is 14.4. The Hall–Kier alpha value is -1.69. The molecule has 0 unspecified atom stereocenters. The summed E-state index contributed by atoms with van der Waals surface area (Å²) in [6, 6.07) is 10.3. The first-order chi connectivity index (χ1) is 10.8. The third-order valence-corrected chi connectivity index (χ3v) is 4.63. The Morgan fingerprint density at radius 2 is 1.74 bits per heavy atom. The van der Waals surface area contributed by atoms with E-state index in [2.05, 4.69) is 16.5 Å². The zero-order valence-electron chi connectivity index (χ0n) is 13.6. The summed E-state index contributed by atoms with van der Waals surface area (Å²) in [4.78, 5) is 23.5. The van der Waals surface area contributed by atoms with Crippen LogP contribution in [0, 0.1) is 5.92 Å². The maximum atomic E-state index is 12.0. The van der Waals surface area contributed by atoms with Gasteiger partial charge in [-0.3, -0.25) is 9.59 Å². The van der Waals surface area contributed by atoms with Gasteiger partial charge in [-0.05, 0) is 37.2 Å². The molecule has 1 fully saturated rings. The molecule has 1 aliphatic carbocycles. The van der Waals surface area contributed by atoms with Gasteiger partial charge in [0.1, 0.15) is 0 Å². The fourth-order valence-corrected chi connectivity index (χ4v) is 3.45. The van der Waals surface area contributed by atoms with Crippen LogP contribution in [-0.4, -0.2) is 35.2 Å². The van der Waals surface area contributed by atoms with Crippen LogP contribution >= 0.6 is 0 Å². The lowest BCUT2D eigenvalue weighted by Crippen LogP contribution is -2.25. The van der Waals surface area contributed by atoms with Gasteiger partial charge in [-0.1, -0.05) is 30.3 Å². The average molecular weight is 337 g/mol. The van der Waals surface area contributed by atoms with Crippen molar-refractivity contribution in [1.82, 2.24) is 0 Å². The maximum Gasteiger partial charge on any atom is 0.309 e. The molecule has 0 aliphatic heterocycles. The Morgan fingerprint density at radius 3 is 2.30 bits per heavy atom. The van der Waals surface area contributed by atoms with Gasteiger partial charge in [0.15, 0.2) is 6.61 Å². The van der Waals surface area contributed by atoms with E-state index in [4.69, 9.17) is 4.74 Å². The van der Waals surface area contributed by atoms with E-state index < -0.39 is 22.2 Å². The van der Waals surface area contributed by atoms with Gasteiger partial charge in [0.25, 0.3) is 5.91 Å². The molecule has 0 bridgehead atoms. The minimum Gasteiger partial charge on any atom is -0.455 e. The number of carbonyl (C=O) groups is 2. The van der Waals surface area contributed by atoms with Crippen LogP contribution in [0.3, 0.4) is 0 Å². The second-order valence-electron chi connectivity index (χ2n) is 6.23. The third-order valence-electron chi connectivity index (χ3n) is 3.99. The van der Waals surface area contributed by atoms with E-state index in [-0.39, 0.29) is 11.9 Å². The quantitative estimate of drug-likeness (QED) is 0.792. The topological polar surface area (TPSA) is 72.8 Å². The molecule has 1 aromatic rings. The van der Waals surface area contributed by atoms with Gasteiger partial charge in [-0.15, -0.1) is 0 Å². The summed E-state index contributed by atoms with van der Waals surface area (Å²) in [7, 11) is -2.50. The first kappa shape index (κ1) is 17.7. The highest BCUT2D eigenvalue weighted by atomic mass is 32.2. The van der Waals surface area contributed by atoms with Crippen molar-refractivity contribution in [3.05, 3.63) is 35.9 Å². The normalized spacial score (nSPS) is 21.5. The van der Waals surface area contributed by atoms with Gasteiger partial charge in [-0.2, -0.15) is 4.36 Å². The molecule has 0 heterocycles. The number of hydrogen-bond donors (Lipinski definition) is 0. The molecule has 0 radical (unpaired) electrons. The highest BCUT2D eigenvalue weighted by molar-refractivity contribution is 7.92. The molecular formula is C17H23NO4S. The summed E-state index contributed by atoms with van der Waals surface area (Å²) in [6.45, 7) is -0.421. The number of rotatable bonds is 4. The van der Waals surface area contributed by atoms with Gasteiger partial charge in [0, 0.05) is 22.2 Å². The number of benzene rings is 1. The molecule has 0 saturated heterocycles. The molecule has 0 N–H and O–H groups in total. The number of nitrogens with zero attached hydrogens (tertiary/aromatic N) is 1. The van der Waals surface area contributed by atoms with E-state index in [1.807, 2.05) is 18.2 Å². The molecular weight excluding hydrogens is 314 g/mol. The Bertz CT molecular complexity index is 661. The van der Waals surface area contributed by atoms with Crippen molar-refractivity contribution in [2.75, 3.05) is 19.1 Å². The molecule has 126 valence electrons. The van der Waals surface area contributed by atoms with Gasteiger partial charge >= 0.3 is 5.97 Å². The van der Waals surface area contributed by atoms with E-state index in [1.54, 1.807) is 0 Å². The standard InChI is InChI=1S/C17H23NO4S/c1-23(2,21)18-16(19)12-22-17(20)15-10-8-14(9-11-15)13-6-4-3-5-7-13/h3-7,14-15H,8-12H2,1-2H3. The molecule has 1 aromatic carbocycles. The predicted molar refractivity (Wildman–Crippen MR) is 89.5 cm³/mol. The maximum absolute atomic E-state index is 12.0. The van der Waals surface area contributed by atoms with Crippen LogP contribution in [-0.2, 0) is 24.1 Å². The van der Waals surface area contributed by atoms with Crippen molar-refractivity contribution in [2.24, 2.45) is 10.3 Å². The van der Waals surface area contributed by atoms with E-state index in [9.17, 15) is 13.8 Å². The number of esters is 1. The van der Waals surface area contributed by atoms with Crippen molar-refractivity contribution in [3.63, 3.8) is 0 Å². The third kappa shape index (κ3) is 5.78. The molecule has 1 saturated carbocycles. The molecule has 5 nitrogen and oxygen atoms in total. The second-order valence-corrected chi connectivity index (χ2v) is 8.78. The summed E-state index contributed by atoms with van der Waals surface area (Å²) in [5.74, 6) is -0.665. The molecule has 1 amide bonds. The van der Waals surface area contributed by atoms with E-state index >= 15 is 0 Å². The summed E-state index contributed by atoms with van der Waals surface area (Å²) in [5.41, 5.74) is 1.31. The van der Waals surface area contributed by atoms with Crippen molar-refractivity contribution in [2.45, 2.75) is 31.6 Å². The molecule has 2 rings (SSSR count). The van der Waals surface area contributed by atoms with Crippen LogP contribution in [0.2, 0.25) is 0 Å². The smallest absolute Gasteiger partial charge is 0.309 e. The van der Waals surface area contributed by atoms with E-state index in [0.717, 1.165) is 25.7 Å². The monoisotopic (exact) mass is 337 g/mol. The van der Waals surface area contributed by atoms with Crippen LogP contribution in [0.4, 0.5) is 0 Å². The van der Waals surface area contributed by atoms with Gasteiger partial charge in [0.2, 0.25) is 0 Å². The first-order valence-electron chi connectivity index (χ1n) is 7.76. The van der Waals surface area contributed by atoms with Crippen molar-refractivity contribution in [1.29, 1.82) is 0 Å². The lowest BCUT2D eigenvalue weighted by molar-refractivity contribution is -0.152. The SMILES string of the molecule is CS(C)(=O)=NC(=O)COC(=O)C1CCC(c2ccccc2)CC1. The summed E-state index contributed by atoms with van der Waals surface area (Å²) < 4.78 is 19.9. The van der Waals surface area contributed by atoms with Gasteiger partial charge in [-0.25, -0.2) is 4.21 Å². The van der Waals surface area contributed by atoms with Crippen LogP contribution in [0.25, 0.3) is 0 Å². The zero-order chi connectivity index (χ0) is 16.9. The van der Waals surface area contributed by atoms with Crippen LogP contribution in [0.15, 0.2) is 34.7 Å². The fourth-order valence-electron chi connectivity index (χ4n) is 2.91. The Morgan fingerprint density at radius 1 is 1.13 bits per heavy atom. The number of hydrogen-bond acceptors (Lipinski definition) is 4. The molecule has 6 heteroatoms. The van der Waals surface area contributed by atoms with Crippen molar-refractivity contribution in [3.8, 4) is 0 Å². The minimum absolute atomic E-state index is 0.157. The highest BCUT2D eigenvalue weighted by Gasteiger charge is 2.28. The lowest BCUT2D eigenvalue weighted by Gasteiger charge is -2.27. The molecule has 0 spiro atoms. The molecule has 0 atom stereocenters. The van der Waals surface area contributed by atoms with Crippen LogP contribution in [0.5, 0.6) is 0 Å². The van der Waals surface area contributed by atoms with Crippen LogP contribution in [0.1, 0.15) is 37.2 Å². The Balaban J connectivity index is 1.80. The Kier molecular flexibility index (Phi) is 5.93. The average Bonchev–Trinajstić information content (AvgIpc) is 2.52. The van der Waals surface area contributed by atoms with E-state index in [1.165, 1.54) is 18.1 Å². The number of amides is 1. The molecule has 23 heavy (non-hydrogen) atoms. The first-order valence-corrected chi connectivity index (χ1v) is 10.1. The summed E-state index contributed by atoms with van der Waals surface area (Å²) in [6.07, 6.45) is 6.17. The second kappa shape index (κ2) is 7.73. The van der Waals surface area contributed by atoms with Crippen molar-refractivity contribution >= 4 is 21.6 Å². The lowest BCUT2D eigenvalue weighted by atomic mass is 9.79. The predicted octanol–water partition coefficient (Wildman–Crippen LogP) is 2.76. The molecule has 0 aromatic heterocycles. The summed E-state index contributed by atoms with van der Waals surface area (Å²) in [5, 5.41) is 0. The number of ether oxygens (including phenoxy) is 1. The highest BCUT2D eigenvalue weighted by Crippen LogP contribution is 2.36. The van der Waals surface area contributed by atoms with E-state index in [0.29, 0.717) is 5.92 Å². The van der Waals surface area contributed by atoms with Gasteiger partial charge < -0.3 is 4.74 Å². The fraction of sp³-hybridized carbons (Fsp3) is 0.529. The van der Waals surface area contributed by atoms with Gasteiger partial charge in [0.05, 0.1) is 5.92 Å². The summed E-state index contributed by atoms with van der Waals surface area (Å²) >= 11 is 0. The largest absolute Gasteiger partial charge is 0.455 e. The minimum atomic E-state index is -2.50. The van der Waals surface area contributed by atoms with Crippen LogP contribution < -0.4 is 0 Å². The number of carbonyl (C=O) groups excluding carboxylic acids is 2. The van der Waals surface area contributed by atoms with Crippen molar-refractivity contribution < 1.29 is 18.5 Å².